The highest BCUT2D eigenvalue weighted by atomic mass is 16.5. The molecule has 12 aromatic rings. The molecule has 0 radical (unpaired) electrons. The standard InChI is InChI=1S/3C30H33N3O4.C29H31N3O4/c3*1-20(22-9-6-5-7-10-22)31-15-17-32(18-16-31)25-12-8-11-24-28(25)30(35)33(29(24)34)21(2)23-13-14-26(36-3)27(19-23)37-4;1-20(22-8-5-4-6-9-22)30-14-16-31(17-15-30)24-11-7-10-23-27(24)29(34)32(28(23)33)19-21-12-13-25(35-2)26(18-21)36-3/h3*5-14,19-21H,15-18H2,1-4H3;4-13,18,20H,14-17,19H2,1-3H3/t20-,21?;20-,21+;20-,21-;20-/m1111/s1. The molecule has 20 rings (SSSR count). The Hall–Kier alpha value is -15.4. The summed E-state index contributed by atoms with van der Waals surface area (Å²) in [5.74, 6) is 2.60. The van der Waals surface area contributed by atoms with E-state index in [2.05, 4.69) is 164 Å². The maximum absolute atomic E-state index is 13.7. The van der Waals surface area contributed by atoms with Crippen molar-refractivity contribution in [2.45, 2.75) is 97.3 Å². The summed E-state index contributed by atoms with van der Waals surface area (Å²) in [6.45, 7) is 28.1. The van der Waals surface area contributed by atoms with Gasteiger partial charge in [-0.2, -0.15) is 0 Å². The normalized spacial score (nSPS) is 17.3. The van der Waals surface area contributed by atoms with Crippen molar-refractivity contribution in [1.82, 2.24) is 39.2 Å². The Morgan fingerprint density at radius 2 is 0.429 bits per heavy atom. The molecule has 147 heavy (non-hydrogen) atoms. The fourth-order valence-corrected chi connectivity index (χ4v) is 21.5. The Kier molecular flexibility index (Phi) is 32.2. The van der Waals surface area contributed by atoms with Gasteiger partial charge in [0, 0.05) is 129 Å². The third-order valence-electron chi connectivity index (χ3n) is 30.3. The number of imide groups is 4. The number of ether oxygens (including phenoxy) is 8. The lowest BCUT2D eigenvalue weighted by Gasteiger charge is -2.39. The third-order valence-corrected chi connectivity index (χ3v) is 30.3. The van der Waals surface area contributed by atoms with E-state index in [4.69, 9.17) is 37.9 Å². The molecule has 0 aromatic heterocycles. The molecule has 8 aliphatic heterocycles. The minimum atomic E-state index is -0.455. The Morgan fingerprint density at radius 1 is 0.204 bits per heavy atom. The van der Waals surface area contributed by atoms with Crippen LogP contribution in [-0.4, -0.2) is 248 Å². The van der Waals surface area contributed by atoms with E-state index in [-0.39, 0.29) is 53.8 Å². The molecule has 4 saturated heterocycles. The summed E-state index contributed by atoms with van der Waals surface area (Å²) in [6.07, 6.45) is 0. The summed E-state index contributed by atoms with van der Waals surface area (Å²) in [5, 5.41) is 0. The molecule has 28 nitrogen and oxygen atoms in total. The van der Waals surface area contributed by atoms with Gasteiger partial charge in [0.15, 0.2) is 46.0 Å². The number of hydrogen-bond acceptors (Lipinski definition) is 24. The van der Waals surface area contributed by atoms with E-state index >= 15 is 0 Å². The lowest BCUT2D eigenvalue weighted by Crippen LogP contribution is -2.47. The van der Waals surface area contributed by atoms with Gasteiger partial charge in [0.25, 0.3) is 47.3 Å². The number of benzene rings is 12. The Bertz CT molecular complexity index is 6300. The summed E-state index contributed by atoms with van der Waals surface area (Å²) in [6, 6.07) is 86.3. The second-order valence-corrected chi connectivity index (χ2v) is 37.9. The second kappa shape index (κ2) is 45.9. The quantitative estimate of drug-likeness (QED) is 0.0413. The zero-order valence-electron chi connectivity index (χ0n) is 86.4. The summed E-state index contributed by atoms with van der Waals surface area (Å²) < 4.78 is 43.0. The zero-order chi connectivity index (χ0) is 104. The van der Waals surface area contributed by atoms with E-state index in [9.17, 15) is 38.4 Å². The van der Waals surface area contributed by atoms with Crippen LogP contribution in [0.4, 0.5) is 22.7 Å². The van der Waals surface area contributed by atoms with Crippen LogP contribution in [0.1, 0.15) is 218 Å². The molecule has 1 unspecified atom stereocenters. The topological polar surface area (TPSA) is 249 Å². The molecule has 8 heterocycles. The lowest BCUT2D eigenvalue weighted by atomic mass is 10.0. The van der Waals surface area contributed by atoms with Crippen LogP contribution in [0.25, 0.3) is 0 Å². The molecule has 0 spiro atoms. The van der Waals surface area contributed by atoms with Crippen LogP contribution in [0.3, 0.4) is 0 Å². The Morgan fingerprint density at radius 3 is 0.673 bits per heavy atom. The zero-order valence-corrected chi connectivity index (χ0v) is 86.4. The van der Waals surface area contributed by atoms with E-state index in [1.165, 1.54) is 41.9 Å². The summed E-state index contributed by atoms with van der Waals surface area (Å²) in [5.41, 5.74) is 15.7. The van der Waals surface area contributed by atoms with E-state index in [0.29, 0.717) is 115 Å². The summed E-state index contributed by atoms with van der Waals surface area (Å²) >= 11 is 0. The number of anilines is 4. The highest BCUT2D eigenvalue weighted by molar-refractivity contribution is 6.27. The number of carbonyl (C=O) groups is 8. The number of hydrogen-bond donors (Lipinski definition) is 0. The smallest absolute Gasteiger partial charge is 0.264 e. The van der Waals surface area contributed by atoms with Crippen LogP contribution in [-0.2, 0) is 6.54 Å². The first-order chi connectivity index (χ1) is 71.3. The van der Waals surface area contributed by atoms with Gasteiger partial charge in [-0.05, 0) is 190 Å². The van der Waals surface area contributed by atoms with Gasteiger partial charge < -0.3 is 57.5 Å². The van der Waals surface area contributed by atoms with Crippen LogP contribution in [0, 0.1) is 0 Å². The fraction of sp³-hybridized carbons (Fsp3) is 0.328. The number of piperazine rings is 4. The van der Waals surface area contributed by atoms with Gasteiger partial charge in [0.05, 0.1) is 149 Å². The van der Waals surface area contributed by atoms with Crippen molar-refractivity contribution in [3.05, 3.63) is 356 Å². The highest BCUT2D eigenvalue weighted by Crippen LogP contribution is 2.46. The number of rotatable bonds is 28. The molecule has 12 aromatic carbocycles. The number of methoxy groups -OCH3 is 8. The second-order valence-electron chi connectivity index (χ2n) is 37.9. The summed E-state index contributed by atoms with van der Waals surface area (Å²) in [4.78, 5) is 133. The van der Waals surface area contributed by atoms with Gasteiger partial charge in [0.1, 0.15) is 0 Å². The van der Waals surface area contributed by atoms with Crippen LogP contribution in [0.15, 0.2) is 267 Å². The molecule has 0 saturated carbocycles. The number of carbonyl (C=O) groups excluding carboxylic acids is 8. The molecular formula is C119H130N12O16. The van der Waals surface area contributed by atoms with Gasteiger partial charge in [0.2, 0.25) is 0 Å². The van der Waals surface area contributed by atoms with Crippen molar-refractivity contribution >= 4 is 70.0 Å². The van der Waals surface area contributed by atoms with E-state index in [0.717, 1.165) is 150 Å². The Labute approximate surface area is 861 Å². The van der Waals surface area contributed by atoms with E-state index < -0.39 is 18.1 Å². The highest BCUT2D eigenvalue weighted by Gasteiger charge is 2.47. The van der Waals surface area contributed by atoms with E-state index in [1.807, 2.05) is 136 Å². The maximum Gasteiger partial charge on any atom is 0.264 e. The fourth-order valence-electron chi connectivity index (χ4n) is 21.5. The molecule has 7 atom stereocenters. The number of nitrogens with zero attached hydrogens (tertiary/aromatic N) is 12. The number of fused-ring (bicyclic) bond motifs is 4. The monoisotopic (exact) mass is 1980 g/mol. The Balaban J connectivity index is 0.000000134. The lowest BCUT2D eigenvalue weighted by molar-refractivity contribution is 0.0579. The first-order valence-corrected chi connectivity index (χ1v) is 50.4. The summed E-state index contributed by atoms with van der Waals surface area (Å²) in [7, 11) is 12.6. The molecule has 8 amide bonds. The minimum absolute atomic E-state index is 0.175. The van der Waals surface area contributed by atoms with Gasteiger partial charge in [-0.3, -0.25) is 77.6 Å². The largest absolute Gasteiger partial charge is 0.493 e. The van der Waals surface area contributed by atoms with Gasteiger partial charge in [-0.25, -0.2) is 0 Å². The SMILES string of the molecule is COc1ccc(C(C)N2C(=O)c3cccc(N4CCN([C@H](C)c5ccccc5)CC4)c3C2=O)cc1OC.COc1ccc(CN2C(=O)c3cccc(N4CCN([C@H](C)c5ccccc5)CC4)c3C2=O)cc1OC.COc1ccc([C@@H](C)N2C(=O)c3cccc(N4CCN([C@H](C)c5ccccc5)CC4)c3C2=O)cc1OC.COc1ccc([C@H](C)N2C(=O)c3cccc(N4CCN([C@H](C)c5ccccc5)CC4)c3C2=O)cc1OC. The minimum Gasteiger partial charge on any atom is -0.493 e. The average molecular weight is 1980 g/mol. The van der Waals surface area contributed by atoms with Crippen molar-refractivity contribution in [2.24, 2.45) is 0 Å². The van der Waals surface area contributed by atoms with Crippen LogP contribution < -0.4 is 57.5 Å². The maximum atomic E-state index is 13.7. The van der Waals surface area contributed by atoms with E-state index in [1.54, 1.807) is 111 Å². The van der Waals surface area contributed by atoms with Gasteiger partial charge in [-0.15, -0.1) is 0 Å². The van der Waals surface area contributed by atoms with Crippen molar-refractivity contribution in [2.75, 3.05) is 181 Å². The molecule has 28 heteroatoms. The molecule has 0 aliphatic carbocycles. The first-order valence-electron chi connectivity index (χ1n) is 50.4. The van der Waals surface area contributed by atoms with Gasteiger partial charge in [-0.1, -0.05) is 170 Å². The van der Waals surface area contributed by atoms with Crippen molar-refractivity contribution in [3.63, 3.8) is 0 Å². The van der Waals surface area contributed by atoms with Crippen LogP contribution in [0.5, 0.6) is 46.0 Å². The van der Waals surface area contributed by atoms with Gasteiger partial charge >= 0.3 is 0 Å². The van der Waals surface area contributed by atoms with Crippen molar-refractivity contribution in [3.8, 4) is 46.0 Å². The molecule has 762 valence electrons. The average Bonchev–Trinajstić information content (AvgIpc) is 1.56. The third kappa shape index (κ3) is 21.0. The van der Waals surface area contributed by atoms with Crippen LogP contribution in [0.2, 0.25) is 0 Å². The number of amides is 8. The molecule has 0 N–H and O–H groups in total. The predicted octanol–water partition coefficient (Wildman–Crippen LogP) is 19.2. The van der Waals surface area contributed by atoms with Crippen molar-refractivity contribution < 1.29 is 76.3 Å². The molecular weight excluding hydrogens is 1850 g/mol. The van der Waals surface area contributed by atoms with Crippen molar-refractivity contribution in [1.29, 1.82) is 0 Å². The molecule has 0 bridgehead atoms. The molecule has 8 aliphatic rings. The predicted molar refractivity (Wildman–Crippen MR) is 569 cm³/mol. The molecule has 4 fully saturated rings. The van der Waals surface area contributed by atoms with Crippen LogP contribution >= 0.6 is 0 Å². The first kappa shape index (κ1) is 103.